The van der Waals surface area contributed by atoms with Crippen LogP contribution in [0.3, 0.4) is 0 Å². The van der Waals surface area contributed by atoms with Gasteiger partial charge in [0.1, 0.15) is 22.7 Å². The summed E-state index contributed by atoms with van der Waals surface area (Å²) in [6, 6.07) is 5.79. The highest BCUT2D eigenvalue weighted by Crippen LogP contribution is 2.30. The van der Waals surface area contributed by atoms with Crippen LogP contribution in [0.4, 0.5) is 4.79 Å². The molecule has 1 aromatic heterocycles. The lowest BCUT2D eigenvalue weighted by Gasteiger charge is -2.38. The predicted molar refractivity (Wildman–Crippen MR) is 83.2 cm³/mol. The average molecular weight is 303 g/mol. The number of rotatable bonds is 2. The molecule has 118 valence electrons. The van der Waals surface area contributed by atoms with Gasteiger partial charge in [0.2, 0.25) is 0 Å². The largest absolute Gasteiger partial charge is 0.494 e. The van der Waals surface area contributed by atoms with Crippen molar-refractivity contribution in [2.24, 2.45) is 0 Å². The van der Waals surface area contributed by atoms with Crippen LogP contribution < -0.4 is 4.74 Å². The summed E-state index contributed by atoms with van der Waals surface area (Å²) in [6.07, 6.45) is -0.266. The number of carbonyl (C=O) groups excluding carboxylic acids is 1. The third kappa shape index (κ3) is 2.73. The Labute approximate surface area is 129 Å². The highest BCUT2D eigenvalue weighted by atomic mass is 16.6. The topological polar surface area (TPSA) is 67.5 Å². The van der Waals surface area contributed by atoms with Gasteiger partial charge in [-0.25, -0.2) is 9.78 Å². The molecule has 6 heteroatoms. The van der Waals surface area contributed by atoms with Crippen LogP contribution in [0.1, 0.15) is 32.5 Å². The van der Waals surface area contributed by atoms with Crippen molar-refractivity contribution in [1.29, 1.82) is 0 Å². The molecule has 3 rings (SSSR count). The number of hydrogen-bond donors (Lipinski definition) is 1. The number of para-hydroxylation sites is 1. The summed E-state index contributed by atoms with van der Waals surface area (Å²) < 4.78 is 10.7. The Balaban J connectivity index is 1.69. The molecule has 22 heavy (non-hydrogen) atoms. The van der Waals surface area contributed by atoms with E-state index in [2.05, 4.69) is 9.97 Å². The molecule has 0 aliphatic carbocycles. The smallest absolute Gasteiger partial charge is 0.410 e. The minimum absolute atomic E-state index is 0.213. The Morgan fingerprint density at radius 1 is 1.36 bits per heavy atom. The number of fused-ring (bicyclic) bond motifs is 1. The van der Waals surface area contributed by atoms with E-state index in [9.17, 15) is 4.79 Å². The first-order chi connectivity index (χ1) is 10.4. The second kappa shape index (κ2) is 5.19. The molecule has 0 atom stereocenters. The van der Waals surface area contributed by atoms with E-state index in [1.165, 1.54) is 0 Å². The second-order valence-corrected chi connectivity index (χ2v) is 6.56. The van der Waals surface area contributed by atoms with Gasteiger partial charge in [-0.3, -0.25) is 0 Å². The molecular formula is C16H21N3O3. The Kier molecular flexibility index (Phi) is 3.47. The number of carbonyl (C=O) groups is 1. The van der Waals surface area contributed by atoms with Crippen molar-refractivity contribution in [3.63, 3.8) is 0 Å². The zero-order chi connectivity index (χ0) is 15.9. The molecule has 1 amide bonds. The fourth-order valence-corrected chi connectivity index (χ4v) is 2.51. The highest BCUT2D eigenvalue weighted by molar-refractivity contribution is 5.82. The molecule has 1 fully saturated rings. The van der Waals surface area contributed by atoms with Gasteiger partial charge >= 0.3 is 6.09 Å². The van der Waals surface area contributed by atoms with Crippen molar-refractivity contribution in [2.75, 3.05) is 20.2 Å². The number of benzene rings is 1. The van der Waals surface area contributed by atoms with Gasteiger partial charge in [0.25, 0.3) is 0 Å². The van der Waals surface area contributed by atoms with Gasteiger partial charge in [-0.1, -0.05) is 6.07 Å². The van der Waals surface area contributed by atoms with Crippen LogP contribution in [0.25, 0.3) is 11.0 Å². The summed E-state index contributed by atoms with van der Waals surface area (Å²) in [5, 5.41) is 0. The molecule has 0 spiro atoms. The quantitative estimate of drug-likeness (QED) is 0.926. The summed E-state index contributed by atoms with van der Waals surface area (Å²) >= 11 is 0. The van der Waals surface area contributed by atoms with E-state index in [4.69, 9.17) is 9.47 Å². The number of aromatic nitrogens is 2. The summed E-state index contributed by atoms with van der Waals surface area (Å²) in [6.45, 7) is 6.85. The molecular weight excluding hydrogens is 282 g/mol. The van der Waals surface area contributed by atoms with Gasteiger partial charge in [0, 0.05) is 13.1 Å². The van der Waals surface area contributed by atoms with E-state index in [-0.39, 0.29) is 12.0 Å². The van der Waals surface area contributed by atoms with E-state index >= 15 is 0 Å². The maximum absolute atomic E-state index is 11.9. The van der Waals surface area contributed by atoms with Gasteiger partial charge in [-0.15, -0.1) is 0 Å². The normalized spacial score (nSPS) is 15.7. The molecule has 0 unspecified atom stereocenters. The average Bonchev–Trinajstić information content (AvgIpc) is 2.77. The number of hydrogen-bond acceptors (Lipinski definition) is 4. The molecule has 6 nitrogen and oxygen atoms in total. The summed E-state index contributed by atoms with van der Waals surface area (Å²) in [7, 11) is 1.64. The maximum atomic E-state index is 11.9. The van der Waals surface area contributed by atoms with Crippen molar-refractivity contribution in [2.45, 2.75) is 32.3 Å². The SMILES string of the molecule is COc1cccc2[nH]c(C3CN(C(=O)OC(C)(C)C)C3)nc12. The lowest BCUT2D eigenvalue weighted by Crippen LogP contribution is -2.50. The number of amides is 1. The fraction of sp³-hybridized carbons (Fsp3) is 0.500. The van der Waals surface area contributed by atoms with Crippen LogP contribution in [-0.2, 0) is 4.74 Å². The van der Waals surface area contributed by atoms with E-state index in [1.54, 1.807) is 12.0 Å². The van der Waals surface area contributed by atoms with Crippen LogP contribution >= 0.6 is 0 Å². The van der Waals surface area contributed by atoms with Crippen LogP contribution in [0.15, 0.2) is 18.2 Å². The molecule has 2 heterocycles. The van der Waals surface area contributed by atoms with Gasteiger partial charge < -0.3 is 19.4 Å². The molecule has 1 saturated heterocycles. The van der Waals surface area contributed by atoms with Crippen LogP contribution in [-0.4, -0.2) is 46.8 Å². The van der Waals surface area contributed by atoms with E-state index in [1.807, 2.05) is 39.0 Å². The zero-order valence-corrected chi connectivity index (χ0v) is 13.3. The third-order valence-corrected chi connectivity index (χ3v) is 3.63. The zero-order valence-electron chi connectivity index (χ0n) is 13.3. The second-order valence-electron chi connectivity index (χ2n) is 6.56. The Morgan fingerprint density at radius 2 is 2.09 bits per heavy atom. The van der Waals surface area contributed by atoms with Gasteiger partial charge in [-0.05, 0) is 32.9 Å². The van der Waals surface area contributed by atoms with E-state index in [0.717, 1.165) is 22.6 Å². The number of imidazole rings is 1. The van der Waals surface area contributed by atoms with Crippen LogP contribution in [0, 0.1) is 0 Å². The van der Waals surface area contributed by atoms with Crippen molar-refractivity contribution in [3.8, 4) is 5.75 Å². The fourth-order valence-electron chi connectivity index (χ4n) is 2.51. The molecule has 0 radical (unpaired) electrons. The minimum Gasteiger partial charge on any atom is -0.494 e. The third-order valence-electron chi connectivity index (χ3n) is 3.63. The molecule has 2 aromatic rings. The summed E-state index contributed by atoms with van der Waals surface area (Å²) in [5.74, 6) is 1.85. The molecule has 1 aliphatic heterocycles. The first kappa shape index (κ1) is 14.7. The van der Waals surface area contributed by atoms with E-state index in [0.29, 0.717) is 13.1 Å². The lowest BCUT2D eigenvalue weighted by molar-refractivity contribution is 0.00761. The first-order valence-electron chi connectivity index (χ1n) is 7.38. The molecule has 1 aromatic carbocycles. The molecule has 1 aliphatic rings. The van der Waals surface area contributed by atoms with Crippen molar-refractivity contribution >= 4 is 17.1 Å². The van der Waals surface area contributed by atoms with Crippen molar-refractivity contribution < 1.29 is 14.3 Å². The number of nitrogens with zero attached hydrogens (tertiary/aromatic N) is 2. The number of likely N-dealkylation sites (tertiary alicyclic amines) is 1. The number of H-pyrrole nitrogens is 1. The first-order valence-corrected chi connectivity index (χ1v) is 7.38. The number of aromatic amines is 1. The van der Waals surface area contributed by atoms with Crippen molar-refractivity contribution in [3.05, 3.63) is 24.0 Å². The number of methoxy groups -OCH3 is 1. The van der Waals surface area contributed by atoms with Gasteiger partial charge in [-0.2, -0.15) is 0 Å². The number of nitrogens with one attached hydrogen (secondary N) is 1. The lowest BCUT2D eigenvalue weighted by atomic mass is 10.0. The van der Waals surface area contributed by atoms with Gasteiger partial charge in [0.05, 0.1) is 18.5 Å². The maximum Gasteiger partial charge on any atom is 0.410 e. The molecule has 1 N–H and O–H groups in total. The number of ether oxygens (including phenoxy) is 2. The standard InChI is InChI=1S/C16H21N3O3/c1-16(2,3)22-15(20)19-8-10(9-19)14-17-11-6-5-7-12(21-4)13(11)18-14/h5-7,10H,8-9H2,1-4H3,(H,17,18). The van der Waals surface area contributed by atoms with Crippen molar-refractivity contribution in [1.82, 2.24) is 14.9 Å². The summed E-state index contributed by atoms with van der Waals surface area (Å²) in [5.41, 5.74) is 1.32. The molecule has 0 bridgehead atoms. The van der Waals surface area contributed by atoms with Crippen LogP contribution in [0.2, 0.25) is 0 Å². The highest BCUT2D eigenvalue weighted by Gasteiger charge is 2.36. The van der Waals surface area contributed by atoms with Gasteiger partial charge in [0.15, 0.2) is 0 Å². The minimum atomic E-state index is -0.463. The van der Waals surface area contributed by atoms with E-state index < -0.39 is 5.60 Å². The monoisotopic (exact) mass is 303 g/mol. The predicted octanol–water partition coefficient (Wildman–Crippen LogP) is 2.91. The Bertz CT molecular complexity index is 696. The summed E-state index contributed by atoms with van der Waals surface area (Å²) in [4.78, 5) is 21.6. The molecule has 0 saturated carbocycles. The Morgan fingerprint density at radius 3 is 2.73 bits per heavy atom. The van der Waals surface area contributed by atoms with Crippen LogP contribution in [0.5, 0.6) is 5.75 Å². The Hall–Kier alpha value is -2.24.